The molecule has 0 unspecified atom stereocenters. The first-order valence-electron chi connectivity index (χ1n) is 5.62. The van der Waals surface area contributed by atoms with Crippen LogP contribution in [0, 0.1) is 0 Å². The van der Waals surface area contributed by atoms with Crippen molar-refractivity contribution in [2.75, 3.05) is 6.54 Å². The number of urea groups is 1. The van der Waals surface area contributed by atoms with E-state index in [1.807, 2.05) is 17.5 Å². The monoisotopic (exact) mass is 262 g/mol. The molecule has 0 fully saturated rings. The lowest BCUT2D eigenvalue weighted by Gasteiger charge is -2.06. The first kappa shape index (κ1) is 12.5. The molecule has 0 saturated carbocycles. The van der Waals surface area contributed by atoms with E-state index in [1.165, 1.54) is 6.33 Å². The van der Waals surface area contributed by atoms with Crippen molar-refractivity contribution in [2.45, 2.75) is 13.0 Å². The van der Waals surface area contributed by atoms with E-state index in [0.29, 0.717) is 13.1 Å². The number of hydrogen-bond acceptors (Lipinski definition) is 4. The van der Waals surface area contributed by atoms with Crippen molar-refractivity contribution in [3.05, 3.63) is 46.7 Å². The number of nitrogens with zero attached hydrogens (tertiary/aromatic N) is 2. The van der Waals surface area contributed by atoms with Gasteiger partial charge in [-0.3, -0.25) is 0 Å². The molecule has 0 aliphatic carbocycles. The van der Waals surface area contributed by atoms with Crippen molar-refractivity contribution in [1.29, 1.82) is 0 Å². The fourth-order valence-electron chi connectivity index (χ4n) is 1.42. The maximum atomic E-state index is 11.5. The summed E-state index contributed by atoms with van der Waals surface area (Å²) in [5, 5.41) is 7.58. The Morgan fingerprint density at radius 2 is 2.11 bits per heavy atom. The van der Waals surface area contributed by atoms with Crippen LogP contribution in [0.15, 0.2) is 36.2 Å². The van der Waals surface area contributed by atoms with E-state index in [0.717, 1.165) is 16.9 Å². The summed E-state index contributed by atoms with van der Waals surface area (Å²) in [5.74, 6) is 0. The molecule has 2 amide bonds. The third kappa shape index (κ3) is 4.14. The highest BCUT2D eigenvalue weighted by molar-refractivity contribution is 7.09. The second-order valence-corrected chi connectivity index (χ2v) is 4.72. The molecule has 2 aromatic heterocycles. The van der Waals surface area contributed by atoms with Gasteiger partial charge in [0.1, 0.15) is 6.33 Å². The Bertz CT molecular complexity index is 472. The van der Waals surface area contributed by atoms with Crippen LogP contribution >= 0.6 is 11.3 Å². The minimum Gasteiger partial charge on any atom is -0.338 e. The summed E-state index contributed by atoms with van der Waals surface area (Å²) in [6, 6.07) is 3.81. The molecule has 2 N–H and O–H groups in total. The van der Waals surface area contributed by atoms with Crippen LogP contribution in [0.1, 0.15) is 10.4 Å². The van der Waals surface area contributed by atoms with Crippen LogP contribution in [0.3, 0.4) is 0 Å². The molecule has 2 heterocycles. The number of hydrogen-bond donors (Lipinski definition) is 2. The Morgan fingerprint density at radius 1 is 1.28 bits per heavy atom. The lowest BCUT2D eigenvalue weighted by Crippen LogP contribution is -2.36. The second kappa shape index (κ2) is 6.70. The van der Waals surface area contributed by atoms with Crippen molar-refractivity contribution in [3.8, 4) is 0 Å². The molecule has 94 valence electrons. The zero-order chi connectivity index (χ0) is 12.6. The van der Waals surface area contributed by atoms with Gasteiger partial charge < -0.3 is 10.6 Å². The number of rotatable bonds is 5. The summed E-state index contributed by atoms with van der Waals surface area (Å²) >= 11 is 1.63. The summed E-state index contributed by atoms with van der Waals surface area (Å²) in [6.45, 7) is 1.14. The average Bonchev–Trinajstić information content (AvgIpc) is 2.91. The quantitative estimate of drug-likeness (QED) is 0.859. The Labute approximate surface area is 109 Å². The Balaban J connectivity index is 1.63. The fourth-order valence-corrected chi connectivity index (χ4v) is 2.07. The van der Waals surface area contributed by atoms with Gasteiger partial charge in [0, 0.05) is 23.8 Å². The Hall–Kier alpha value is -1.95. The SMILES string of the molecule is O=C(NCCc1cncnc1)NCc1cccs1. The maximum absolute atomic E-state index is 11.5. The topological polar surface area (TPSA) is 66.9 Å². The maximum Gasteiger partial charge on any atom is 0.315 e. The molecule has 18 heavy (non-hydrogen) atoms. The van der Waals surface area contributed by atoms with E-state index in [9.17, 15) is 4.79 Å². The number of thiophene rings is 1. The molecule has 0 aliphatic rings. The van der Waals surface area contributed by atoms with E-state index in [4.69, 9.17) is 0 Å². The molecule has 6 heteroatoms. The molecule has 0 bridgehead atoms. The summed E-state index contributed by atoms with van der Waals surface area (Å²) in [4.78, 5) is 20.4. The molecule has 2 rings (SSSR count). The standard InChI is InChI=1S/C12H14N4OS/c17-12(16-8-11-2-1-5-18-11)15-4-3-10-6-13-9-14-7-10/h1-2,5-7,9H,3-4,8H2,(H2,15,16,17). The molecule has 0 radical (unpaired) electrons. The van der Waals surface area contributed by atoms with E-state index < -0.39 is 0 Å². The first-order valence-corrected chi connectivity index (χ1v) is 6.50. The van der Waals surface area contributed by atoms with Crippen molar-refractivity contribution in [2.24, 2.45) is 0 Å². The number of carbonyl (C=O) groups excluding carboxylic acids is 1. The zero-order valence-corrected chi connectivity index (χ0v) is 10.6. The van der Waals surface area contributed by atoms with E-state index in [2.05, 4.69) is 20.6 Å². The molecular weight excluding hydrogens is 248 g/mol. The summed E-state index contributed by atoms with van der Waals surface area (Å²) < 4.78 is 0. The van der Waals surface area contributed by atoms with Crippen molar-refractivity contribution >= 4 is 17.4 Å². The van der Waals surface area contributed by atoms with Crippen molar-refractivity contribution in [1.82, 2.24) is 20.6 Å². The van der Waals surface area contributed by atoms with Gasteiger partial charge >= 0.3 is 6.03 Å². The molecule has 2 aromatic rings. The van der Waals surface area contributed by atoms with Gasteiger partial charge in [-0.1, -0.05) is 6.07 Å². The molecule has 0 atom stereocenters. The van der Waals surface area contributed by atoms with Crippen LogP contribution in [0.2, 0.25) is 0 Å². The molecular formula is C12H14N4OS. The highest BCUT2D eigenvalue weighted by atomic mass is 32.1. The zero-order valence-electron chi connectivity index (χ0n) is 9.80. The minimum absolute atomic E-state index is 0.153. The molecule has 0 aromatic carbocycles. The molecule has 5 nitrogen and oxygen atoms in total. The van der Waals surface area contributed by atoms with Gasteiger partial charge in [-0.05, 0) is 23.4 Å². The number of carbonyl (C=O) groups is 1. The normalized spacial score (nSPS) is 10.0. The highest BCUT2D eigenvalue weighted by Crippen LogP contribution is 2.06. The van der Waals surface area contributed by atoms with Gasteiger partial charge in [0.2, 0.25) is 0 Å². The minimum atomic E-state index is -0.153. The third-order valence-electron chi connectivity index (χ3n) is 2.32. The van der Waals surface area contributed by atoms with Gasteiger partial charge in [-0.2, -0.15) is 0 Å². The molecule has 0 aliphatic heterocycles. The number of nitrogens with one attached hydrogen (secondary N) is 2. The summed E-state index contributed by atoms with van der Waals surface area (Å²) in [6.07, 6.45) is 5.72. The average molecular weight is 262 g/mol. The smallest absolute Gasteiger partial charge is 0.315 e. The van der Waals surface area contributed by atoms with Crippen LogP contribution in [0.4, 0.5) is 4.79 Å². The van der Waals surface area contributed by atoms with E-state index in [1.54, 1.807) is 23.7 Å². The summed E-state index contributed by atoms with van der Waals surface area (Å²) in [5.41, 5.74) is 1.01. The lowest BCUT2D eigenvalue weighted by atomic mass is 10.2. The predicted octanol–water partition coefficient (Wildman–Crippen LogP) is 1.58. The highest BCUT2D eigenvalue weighted by Gasteiger charge is 2.00. The van der Waals surface area contributed by atoms with Crippen LogP contribution in [-0.2, 0) is 13.0 Å². The van der Waals surface area contributed by atoms with Gasteiger partial charge in [-0.25, -0.2) is 14.8 Å². The van der Waals surface area contributed by atoms with E-state index >= 15 is 0 Å². The van der Waals surface area contributed by atoms with Crippen molar-refractivity contribution in [3.63, 3.8) is 0 Å². The molecule has 0 spiro atoms. The Kier molecular flexibility index (Phi) is 4.66. The van der Waals surface area contributed by atoms with Crippen LogP contribution in [0.25, 0.3) is 0 Å². The summed E-state index contributed by atoms with van der Waals surface area (Å²) in [7, 11) is 0. The van der Waals surface area contributed by atoms with Gasteiger partial charge in [0.05, 0.1) is 6.54 Å². The Morgan fingerprint density at radius 3 is 2.83 bits per heavy atom. The number of amides is 2. The predicted molar refractivity (Wildman–Crippen MR) is 70.3 cm³/mol. The lowest BCUT2D eigenvalue weighted by molar-refractivity contribution is 0.240. The number of aromatic nitrogens is 2. The largest absolute Gasteiger partial charge is 0.338 e. The van der Waals surface area contributed by atoms with Crippen LogP contribution in [-0.4, -0.2) is 22.5 Å². The third-order valence-corrected chi connectivity index (χ3v) is 3.19. The van der Waals surface area contributed by atoms with Gasteiger partial charge in [-0.15, -0.1) is 11.3 Å². The van der Waals surface area contributed by atoms with Gasteiger partial charge in [0.15, 0.2) is 0 Å². The first-order chi connectivity index (χ1) is 8.84. The molecule has 0 saturated heterocycles. The van der Waals surface area contributed by atoms with Crippen molar-refractivity contribution < 1.29 is 4.79 Å². The van der Waals surface area contributed by atoms with Crippen LogP contribution < -0.4 is 10.6 Å². The fraction of sp³-hybridized carbons (Fsp3) is 0.250. The van der Waals surface area contributed by atoms with Gasteiger partial charge in [0.25, 0.3) is 0 Å². The second-order valence-electron chi connectivity index (χ2n) is 3.69. The van der Waals surface area contributed by atoms with Crippen LogP contribution in [0.5, 0.6) is 0 Å². The van der Waals surface area contributed by atoms with E-state index in [-0.39, 0.29) is 6.03 Å².